The van der Waals surface area contributed by atoms with E-state index in [1.54, 1.807) is 0 Å². The summed E-state index contributed by atoms with van der Waals surface area (Å²) in [7, 11) is 1.91. The Morgan fingerprint density at radius 3 is 3.06 bits per heavy atom. The Hall–Kier alpha value is -2.10. The maximum absolute atomic E-state index is 12.0. The van der Waals surface area contributed by atoms with Crippen LogP contribution in [0.15, 0.2) is 37.1 Å². The standard InChI is InChI=1S/C14H15N3O/c1-3-10-6-14(18)17(9-10)12-5-4-11-8-15-16(2)13(11)7-12/h3-5,7-8,10H,1,6,9H2,2H3. The summed E-state index contributed by atoms with van der Waals surface area (Å²) in [6.45, 7) is 4.50. The number of hydrogen-bond acceptors (Lipinski definition) is 2. The van der Waals surface area contributed by atoms with Crippen LogP contribution >= 0.6 is 0 Å². The van der Waals surface area contributed by atoms with E-state index in [9.17, 15) is 4.79 Å². The van der Waals surface area contributed by atoms with E-state index in [1.807, 2.05) is 47.1 Å². The van der Waals surface area contributed by atoms with Gasteiger partial charge in [-0.25, -0.2) is 0 Å². The van der Waals surface area contributed by atoms with E-state index in [0.29, 0.717) is 6.42 Å². The van der Waals surface area contributed by atoms with E-state index in [1.165, 1.54) is 0 Å². The Morgan fingerprint density at radius 1 is 1.50 bits per heavy atom. The van der Waals surface area contributed by atoms with Gasteiger partial charge >= 0.3 is 0 Å². The molecule has 4 heteroatoms. The molecule has 1 fully saturated rings. The molecule has 3 rings (SSSR count). The highest BCUT2D eigenvalue weighted by molar-refractivity contribution is 5.97. The SMILES string of the molecule is C=CC1CC(=O)N(c2ccc3cnn(C)c3c2)C1. The lowest BCUT2D eigenvalue weighted by Gasteiger charge is -2.16. The van der Waals surface area contributed by atoms with Crippen LogP contribution in [0.5, 0.6) is 0 Å². The topological polar surface area (TPSA) is 38.1 Å². The van der Waals surface area contributed by atoms with E-state index in [4.69, 9.17) is 0 Å². The second kappa shape index (κ2) is 3.98. The average molecular weight is 241 g/mol. The van der Waals surface area contributed by atoms with Crippen molar-refractivity contribution in [3.05, 3.63) is 37.1 Å². The molecule has 0 aliphatic carbocycles. The largest absolute Gasteiger partial charge is 0.312 e. The van der Waals surface area contributed by atoms with Gasteiger partial charge in [-0.15, -0.1) is 6.58 Å². The molecule has 1 aliphatic heterocycles. The number of benzene rings is 1. The van der Waals surface area contributed by atoms with Gasteiger partial charge in [0.25, 0.3) is 0 Å². The number of hydrogen-bond donors (Lipinski definition) is 0. The zero-order valence-corrected chi connectivity index (χ0v) is 10.3. The van der Waals surface area contributed by atoms with Gasteiger partial charge in [-0.2, -0.15) is 5.10 Å². The van der Waals surface area contributed by atoms with Crippen molar-refractivity contribution in [3.8, 4) is 0 Å². The third-order valence-corrected chi connectivity index (χ3v) is 3.53. The van der Waals surface area contributed by atoms with Crippen molar-refractivity contribution in [2.75, 3.05) is 11.4 Å². The van der Waals surface area contributed by atoms with Gasteiger partial charge in [0.2, 0.25) is 5.91 Å². The Balaban J connectivity index is 2.01. The van der Waals surface area contributed by atoms with Gasteiger partial charge < -0.3 is 4.90 Å². The number of aromatic nitrogens is 2. The second-order valence-corrected chi connectivity index (χ2v) is 4.72. The van der Waals surface area contributed by atoms with Gasteiger partial charge in [0.15, 0.2) is 0 Å². The van der Waals surface area contributed by atoms with E-state index in [0.717, 1.165) is 23.1 Å². The number of amides is 1. The van der Waals surface area contributed by atoms with Gasteiger partial charge in [0.05, 0.1) is 11.7 Å². The van der Waals surface area contributed by atoms with Crippen molar-refractivity contribution in [2.24, 2.45) is 13.0 Å². The van der Waals surface area contributed by atoms with Crippen LogP contribution in [0.1, 0.15) is 6.42 Å². The van der Waals surface area contributed by atoms with Crippen LogP contribution in [-0.4, -0.2) is 22.2 Å². The summed E-state index contributed by atoms with van der Waals surface area (Å²) in [5, 5.41) is 5.30. The molecule has 1 amide bonds. The number of carbonyl (C=O) groups is 1. The first-order chi connectivity index (χ1) is 8.69. The van der Waals surface area contributed by atoms with E-state index >= 15 is 0 Å². The van der Waals surface area contributed by atoms with Crippen LogP contribution in [-0.2, 0) is 11.8 Å². The fourth-order valence-corrected chi connectivity index (χ4v) is 2.44. The first-order valence-electron chi connectivity index (χ1n) is 6.03. The zero-order valence-electron chi connectivity index (χ0n) is 10.3. The van der Waals surface area contributed by atoms with Crippen LogP contribution in [0.4, 0.5) is 5.69 Å². The molecule has 1 aromatic carbocycles. The van der Waals surface area contributed by atoms with Crippen LogP contribution in [0.25, 0.3) is 10.9 Å². The number of carbonyl (C=O) groups excluding carboxylic acids is 1. The summed E-state index contributed by atoms with van der Waals surface area (Å²) in [6, 6.07) is 6.01. The maximum Gasteiger partial charge on any atom is 0.227 e. The maximum atomic E-state index is 12.0. The van der Waals surface area contributed by atoms with Gasteiger partial charge in [0.1, 0.15) is 0 Å². The fraction of sp³-hybridized carbons (Fsp3) is 0.286. The van der Waals surface area contributed by atoms with Gasteiger partial charge in [-0.05, 0) is 18.2 Å². The average Bonchev–Trinajstić information content (AvgIpc) is 2.93. The number of fused-ring (bicyclic) bond motifs is 1. The lowest BCUT2D eigenvalue weighted by Crippen LogP contribution is -2.24. The predicted molar refractivity (Wildman–Crippen MR) is 71.4 cm³/mol. The minimum atomic E-state index is 0.168. The Kier molecular flexibility index (Phi) is 2.44. The molecule has 92 valence electrons. The number of anilines is 1. The quantitative estimate of drug-likeness (QED) is 0.755. The molecule has 0 radical (unpaired) electrons. The Bertz CT molecular complexity index is 629. The third kappa shape index (κ3) is 1.61. The predicted octanol–water partition coefficient (Wildman–Crippen LogP) is 2.11. The molecule has 1 aliphatic rings. The Labute approximate surface area is 106 Å². The minimum absolute atomic E-state index is 0.168. The third-order valence-electron chi connectivity index (χ3n) is 3.53. The highest BCUT2D eigenvalue weighted by Gasteiger charge is 2.28. The molecule has 0 saturated carbocycles. The number of aryl methyl sites for hydroxylation is 1. The molecule has 18 heavy (non-hydrogen) atoms. The van der Waals surface area contributed by atoms with Gasteiger partial charge in [0, 0.05) is 37.0 Å². The lowest BCUT2D eigenvalue weighted by atomic mass is 10.1. The second-order valence-electron chi connectivity index (χ2n) is 4.72. The molecule has 2 aromatic rings. The molecule has 0 N–H and O–H groups in total. The van der Waals surface area contributed by atoms with Gasteiger partial charge in [-0.3, -0.25) is 9.48 Å². The zero-order chi connectivity index (χ0) is 12.7. The van der Waals surface area contributed by atoms with Crippen molar-refractivity contribution in [3.63, 3.8) is 0 Å². The van der Waals surface area contributed by atoms with Gasteiger partial charge in [-0.1, -0.05) is 6.08 Å². The van der Waals surface area contributed by atoms with Crippen LogP contribution in [0.3, 0.4) is 0 Å². The van der Waals surface area contributed by atoms with Crippen molar-refractivity contribution in [1.82, 2.24) is 9.78 Å². The van der Waals surface area contributed by atoms with E-state index < -0.39 is 0 Å². The van der Waals surface area contributed by atoms with Crippen LogP contribution in [0.2, 0.25) is 0 Å². The highest BCUT2D eigenvalue weighted by Crippen LogP contribution is 2.28. The summed E-state index contributed by atoms with van der Waals surface area (Å²) < 4.78 is 1.82. The molecular weight excluding hydrogens is 226 g/mol. The van der Waals surface area contributed by atoms with Crippen LogP contribution in [0, 0.1) is 5.92 Å². The molecule has 2 heterocycles. The van der Waals surface area contributed by atoms with Crippen molar-refractivity contribution >= 4 is 22.5 Å². The highest BCUT2D eigenvalue weighted by atomic mass is 16.2. The van der Waals surface area contributed by atoms with Crippen molar-refractivity contribution in [1.29, 1.82) is 0 Å². The summed E-state index contributed by atoms with van der Waals surface area (Å²) in [5.74, 6) is 0.432. The van der Waals surface area contributed by atoms with Crippen molar-refractivity contribution in [2.45, 2.75) is 6.42 Å². The molecule has 4 nitrogen and oxygen atoms in total. The van der Waals surface area contributed by atoms with E-state index in [-0.39, 0.29) is 11.8 Å². The molecule has 0 spiro atoms. The summed E-state index contributed by atoms with van der Waals surface area (Å²) in [6.07, 6.45) is 4.25. The summed E-state index contributed by atoms with van der Waals surface area (Å²) >= 11 is 0. The first kappa shape index (κ1) is 11.0. The first-order valence-corrected chi connectivity index (χ1v) is 6.03. The normalized spacial score (nSPS) is 19.7. The van der Waals surface area contributed by atoms with E-state index in [2.05, 4.69) is 11.7 Å². The monoisotopic (exact) mass is 241 g/mol. The fourth-order valence-electron chi connectivity index (χ4n) is 2.44. The lowest BCUT2D eigenvalue weighted by molar-refractivity contribution is -0.117. The van der Waals surface area contributed by atoms with Crippen LogP contribution < -0.4 is 4.90 Å². The Morgan fingerprint density at radius 2 is 2.33 bits per heavy atom. The molecule has 1 atom stereocenters. The molecule has 1 aromatic heterocycles. The smallest absolute Gasteiger partial charge is 0.227 e. The molecule has 1 unspecified atom stereocenters. The minimum Gasteiger partial charge on any atom is -0.312 e. The molecule has 0 bridgehead atoms. The summed E-state index contributed by atoms with van der Waals surface area (Å²) in [4.78, 5) is 13.8. The number of nitrogens with zero attached hydrogens (tertiary/aromatic N) is 3. The number of rotatable bonds is 2. The molecule has 1 saturated heterocycles. The molecular formula is C14H15N3O. The summed E-state index contributed by atoms with van der Waals surface area (Å²) in [5.41, 5.74) is 1.99. The van der Waals surface area contributed by atoms with Crippen molar-refractivity contribution < 1.29 is 4.79 Å².